The monoisotopic (exact) mass is 256 g/mol. The first kappa shape index (κ1) is 12.8. The van der Waals surface area contributed by atoms with E-state index in [0.29, 0.717) is 29.3 Å². The maximum absolute atomic E-state index is 13.3. The first-order chi connectivity index (χ1) is 9.15. The predicted octanol–water partition coefficient (Wildman–Crippen LogP) is 2.83. The highest BCUT2D eigenvalue weighted by Crippen LogP contribution is 2.27. The largest absolute Gasteiger partial charge is 0.397 e. The fraction of sp³-hybridized carbons (Fsp3) is 0.143. The number of nitrogens with zero attached hydrogens (tertiary/aromatic N) is 3. The van der Waals surface area contributed by atoms with Gasteiger partial charge < -0.3 is 10.6 Å². The normalized spacial score (nSPS) is 9.95. The molecule has 0 saturated carbocycles. The zero-order valence-corrected chi connectivity index (χ0v) is 10.5. The third kappa shape index (κ3) is 2.63. The van der Waals surface area contributed by atoms with Crippen molar-refractivity contribution in [1.82, 2.24) is 4.98 Å². The van der Waals surface area contributed by atoms with Crippen molar-refractivity contribution in [3.05, 3.63) is 47.9 Å². The van der Waals surface area contributed by atoms with Crippen LogP contribution in [-0.2, 0) is 0 Å². The Morgan fingerprint density at radius 1 is 1.42 bits per heavy atom. The molecule has 0 atom stereocenters. The average molecular weight is 256 g/mol. The molecule has 0 radical (unpaired) electrons. The summed E-state index contributed by atoms with van der Waals surface area (Å²) in [4.78, 5) is 5.95. The van der Waals surface area contributed by atoms with Gasteiger partial charge in [-0.15, -0.1) is 0 Å². The first-order valence-electron chi connectivity index (χ1n) is 5.84. The molecular weight excluding hydrogens is 243 g/mol. The van der Waals surface area contributed by atoms with E-state index in [1.54, 1.807) is 23.1 Å². The molecule has 0 fully saturated rings. The Hall–Kier alpha value is -2.61. The second kappa shape index (κ2) is 5.36. The van der Waals surface area contributed by atoms with E-state index in [1.807, 2.05) is 6.92 Å². The number of nitriles is 1. The van der Waals surface area contributed by atoms with Crippen molar-refractivity contribution in [2.24, 2.45) is 0 Å². The van der Waals surface area contributed by atoms with Gasteiger partial charge in [0.25, 0.3) is 0 Å². The summed E-state index contributed by atoms with van der Waals surface area (Å²) in [6, 6.07) is 9.79. The number of nitrogen functional groups attached to an aromatic ring is 1. The van der Waals surface area contributed by atoms with Crippen molar-refractivity contribution in [3.8, 4) is 6.07 Å². The summed E-state index contributed by atoms with van der Waals surface area (Å²) < 4.78 is 13.3. The van der Waals surface area contributed by atoms with E-state index >= 15 is 0 Å². The Bertz CT molecular complexity index is 634. The number of halogens is 1. The molecule has 0 aliphatic rings. The van der Waals surface area contributed by atoms with E-state index in [1.165, 1.54) is 18.3 Å². The van der Waals surface area contributed by atoms with Gasteiger partial charge >= 0.3 is 0 Å². The molecule has 0 aliphatic carbocycles. The summed E-state index contributed by atoms with van der Waals surface area (Å²) >= 11 is 0. The average Bonchev–Trinajstić information content (AvgIpc) is 2.41. The summed E-state index contributed by atoms with van der Waals surface area (Å²) in [5, 5.41) is 9.14. The number of benzene rings is 1. The van der Waals surface area contributed by atoms with E-state index in [9.17, 15) is 4.39 Å². The summed E-state index contributed by atoms with van der Waals surface area (Å²) in [5.41, 5.74) is 7.06. The zero-order valence-electron chi connectivity index (χ0n) is 10.5. The topological polar surface area (TPSA) is 65.9 Å². The van der Waals surface area contributed by atoms with Crippen molar-refractivity contribution >= 4 is 17.2 Å². The number of hydrogen-bond acceptors (Lipinski definition) is 4. The van der Waals surface area contributed by atoms with Gasteiger partial charge in [0, 0.05) is 12.2 Å². The van der Waals surface area contributed by atoms with Crippen molar-refractivity contribution < 1.29 is 4.39 Å². The first-order valence-corrected chi connectivity index (χ1v) is 5.84. The SMILES string of the molecule is CCN(c1cccc(F)c1)c1ncc(N)cc1C#N. The van der Waals surface area contributed by atoms with E-state index in [0.717, 1.165) is 0 Å². The van der Waals surface area contributed by atoms with Gasteiger partial charge in [0.15, 0.2) is 5.82 Å². The van der Waals surface area contributed by atoms with Gasteiger partial charge in [-0.05, 0) is 31.2 Å². The highest BCUT2D eigenvalue weighted by molar-refractivity contribution is 5.67. The standard InChI is InChI=1S/C14H13FN4/c1-2-19(13-5-3-4-11(15)7-13)14-10(8-16)6-12(17)9-18-14/h3-7,9H,2,17H2,1H3. The number of nitrogens with two attached hydrogens (primary N) is 1. The van der Waals surface area contributed by atoms with Gasteiger partial charge in [-0.3, -0.25) is 0 Å². The van der Waals surface area contributed by atoms with Gasteiger partial charge in [-0.25, -0.2) is 9.37 Å². The van der Waals surface area contributed by atoms with Crippen LogP contribution in [0.2, 0.25) is 0 Å². The van der Waals surface area contributed by atoms with Crippen molar-refractivity contribution in [1.29, 1.82) is 5.26 Å². The Morgan fingerprint density at radius 3 is 2.84 bits per heavy atom. The van der Waals surface area contributed by atoms with E-state index < -0.39 is 0 Å². The molecule has 2 aromatic rings. The molecule has 0 spiro atoms. The summed E-state index contributed by atoms with van der Waals surface area (Å²) in [5.74, 6) is 0.148. The van der Waals surface area contributed by atoms with Crippen LogP contribution in [0.15, 0.2) is 36.5 Å². The minimum absolute atomic E-state index is 0.329. The van der Waals surface area contributed by atoms with Crippen LogP contribution in [0, 0.1) is 17.1 Å². The van der Waals surface area contributed by atoms with Gasteiger partial charge in [-0.1, -0.05) is 6.07 Å². The molecule has 19 heavy (non-hydrogen) atoms. The van der Waals surface area contributed by atoms with E-state index in [-0.39, 0.29) is 5.82 Å². The molecule has 2 N–H and O–H groups in total. The number of pyridine rings is 1. The molecule has 0 amide bonds. The Labute approximate surface area is 110 Å². The highest BCUT2D eigenvalue weighted by atomic mass is 19.1. The lowest BCUT2D eigenvalue weighted by Crippen LogP contribution is -2.19. The lowest BCUT2D eigenvalue weighted by Gasteiger charge is -2.23. The molecule has 5 heteroatoms. The van der Waals surface area contributed by atoms with Crippen LogP contribution in [0.1, 0.15) is 12.5 Å². The lowest BCUT2D eigenvalue weighted by atomic mass is 10.2. The molecule has 0 bridgehead atoms. The van der Waals surface area contributed by atoms with Crippen molar-refractivity contribution in [3.63, 3.8) is 0 Å². The highest BCUT2D eigenvalue weighted by Gasteiger charge is 2.14. The Balaban J connectivity index is 2.52. The van der Waals surface area contributed by atoms with Crippen LogP contribution in [0.5, 0.6) is 0 Å². The number of rotatable bonds is 3. The summed E-state index contributed by atoms with van der Waals surface area (Å²) in [6.45, 7) is 2.47. The van der Waals surface area contributed by atoms with Gasteiger partial charge in [0.2, 0.25) is 0 Å². The van der Waals surface area contributed by atoms with Gasteiger partial charge in [0.05, 0.1) is 17.4 Å². The van der Waals surface area contributed by atoms with Crippen molar-refractivity contribution in [2.45, 2.75) is 6.92 Å². The fourth-order valence-electron chi connectivity index (χ4n) is 1.87. The molecular formula is C14H13FN4. The number of hydrogen-bond donors (Lipinski definition) is 1. The minimum Gasteiger partial charge on any atom is -0.397 e. The zero-order chi connectivity index (χ0) is 13.8. The molecule has 1 heterocycles. The van der Waals surface area contributed by atoms with E-state index in [2.05, 4.69) is 11.1 Å². The number of anilines is 3. The molecule has 1 aromatic heterocycles. The lowest BCUT2D eigenvalue weighted by molar-refractivity contribution is 0.627. The van der Waals surface area contributed by atoms with Gasteiger partial charge in [0.1, 0.15) is 11.9 Å². The minimum atomic E-state index is -0.329. The molecule has 0 unspecified atom stereocenters. The maximum atomic E-state index is 13.3. The molecule has 1 aromatic carbocycles. The Morgan fingerprint density at radius 2 is 2.21 bits per heavy atom. The smallest absolute Gasteiger partial charge is 0.151 e. The Kier molecular flexibility index (Phi) is 3.62. The third-order valence-electron chi connectivity index (χ3n) is 2.70. The van der Waals surface area contributed by atoms with Crippen molar-refractivity contribution in [2.75, 3.05) is 17.2 Å². The van der Waals surface area contributed by atoms with Crippen LogP contribution >= 0.6 is 0 Å². The predicted molar refractivity (Wildman–Crippen MR) is 72.4 cm³/mol. The van der Waals surface area contributed by atoms with Crippen LogP contribution in [0.4, 0.5) is 21.6 Å². The molecule has 4 nitrogen and oxygen atoms in total. The third-order valence-corrected chi connectivity index (χ3v) is 2.70. The van der Waals surface area contributed by atoms with E-state index in [4.69, 9.17) is 11.0 Å². The number of aromatic nitrogens is 1. The molecule has 0 aliphatic heterocycles. The quantitative estimate of drug-likeness (QED) is 0.917. The fourth-order valence-corrected chi connectivity index (χ4v) is 1.87. The molecule has 2 rings (SSSR count). The second-order valence-electron chi connectivity index (χ2n) is 3.98. The van der Waals surface area contributed by atoms with Crippen LogP contribution < -0.4 is 10.6 Å². The molecule has 96 valence electrons. The summed E-state index contributed by atoms with van der Waals surface area (Å²) in [6.07, 6.45) is 1.48. The molecule has 0 saturated heterocycles. The van der Waals surface area contributed by atoms with Crippen LogP contribution in [0.25, 0.3) is 0 Å². The second-order valence-corrected chi connectivity index (χ2v) is 3.98. The maximum Gasteiger partial charge on any atom is 0.151 e. The summed E-state index contributed by atoms with van der Waals surface area (Å²) in [7, 11) is 0. The van der Waals surface area contributed by atoms with Crippen LogP contribution in [-0.4, -0.2) is 11.5 Å². The van der Waals surface area contributed by atoms with Crippen LogP contribution in [0.3, 0.4) is 0 Å². The van der Waals surface area contributed by atoms with Gasteiger partial charge in [-0.2, -0.15) is 5.26 Å².